The van der Waals surface area contributed by atoms with Crippen molar-refractivity contribution in [1.29, 1.82) is 0 Å². The Morgan fingerprint density at radius 1 is 0.528 bits per heavy atom. The number of hydroxylamine groups is 3. The number of ether oxygens (including phenoxy) is 1. The van der Waals surface area contributed by atoms with Gasteiger partial charge in [0, 0.05) is 6.42 Å². The van der Waals surface area contributed by atoms with Crippen LogP contribution in [-0.4, -0.2) is 57.5 Å². The Bertz CT molecular complexity index is 950. The van der Waals surface area contributed by atoms with Crippen molar-refractivity contribution in [1.82, 2.24) is 0 Å². The number of esters is 1. The molecule has 0 heterocycles. The van der Waals surface area contributed by atoms with Crippen LogP contribution in [-0.2, 0) is 33.7 Å². The molecule has 0 bridgehead atoms. The van der Waals surface area contributed by atoms with E-state index in [0.717, 1.165) is 45.6 Å². The van der Waals surface area contributed by atoms with Gasteiger partial charge in [0.2, 0.25) is 10.4 Å². The first-order chi connectivity index (χ1) is 25.4. The molecule has 9 nitrogen and oxygen atoms in total. The Morgan fingerprint density at radius 3 is 1.13 bits per heavy atom. The summed E-state index contributed by atoms with van der Waals surface area (Å²) in [5, 5.41) is 0. The molecule has 10 heteroatoms. The maximum absolute atomic E-state index is 12.3. The van der Waals surface area contributed by atoms with Crippen molar-refractivity contribution in [2.24, 2.45) is 0 Å². The largest absolute Gasteiger partial charge is 0.726 e. The first-order valence-corrected chi connectivity index (χ1v) is 22.7. The summed E-state index contributed by atoms with van der Waals surface area (Å²) < 4.78 is 36.3. The van der Waals surface area contributed by atoms with Crippen LogP contribution in [0.15, 0.2) is 24.3 Å². The average molecular weight is 776 g/mol. The van der Waals surface area contributed by atoms with Crippen molar-refractivity contribution >= 4 is 22.3 Å². The quantitative estimate of drug-likeness (QED) is 0.00926. The van der Waals surface area contributed by atoms with E-state index in [1.807, 2.05) is 0 Å². The molecule has 0 unspecified atom stereocenters. The molecule has 316 valence electrons. The van der Waals surface area contributed by atoms with Gasteiger partial charge in [0.25, 0.3) is 6.73 Å². The summed E-state index contributed by atoms with van der Waals surface area (Å²) >= 11 is 0. The smallest absolute Gasteiger partial charge is 0.366 e. The van der Waals surface area contributed by atoms with E-state index in [1.165, 1.54) is 135 Å². The number of hydrogen-bond donors (Lipinski definition) is 0. The van der Waals surface area contributed by atoms with Gasteiger partial charge < -0.3 is 9.29 Å². The van der Waals surface area contributed by atoms with Crippen LogP contribution < -0.4 is 0 Å². The maximum atomic E-state index is 12.3. The van der Waals surface area contributed by atoms with Gasteiger partial charge in [0.05, 0.1) is 13.5 Å². The Balaban J connectivity index is -0.00000246. The molecule has 53 heavy (non-hydrogen) atoms. The second-order valence-corrected chi connectivity index (χ2v) is 15.8. The van der Waals surface area contributed by atoms with E-state index in [1.54, 1.807) is 14.1 Å². The number of allylic oxidation sites excluding steroid dienone is 4. The lowest BCUT2D eigenvalue weighted by atomic mass is 10.1. The molecular weight excluding hydrogens is 691 g/mol. The van der Waals surface area contributed by atoms with E-state index < -0.39 is 10.4 Å². The molecule has 0 atom stereocenters. The highest BCUT2D eigenvalue weighted by Crippen LogP contribution is 2.13. The highest BCUT2D eigenvalue weighted by atomic mass is 32.3. The van der Waals surface area contributed by atoms with Crippen LogP contribution in [0.25, 0.3) is 0 Å². The molecule has 0 saturated carbocycles. The summed E-state index contributed by atoms with van der Waals surface area (Å²) in [5.74, 6) is -0.428. The van der Waals surface area contributed by atoms with Gasteiger partial charge in [0.15, 0.2) is 0 Å². The van der Waals surface area contributed by atoms with Gasteiger partial charge in [-0.05, 0) is 64.2 Å². The summed E-state index contributed by atoms with van der Waals surface area (Å²) in [4.78, 5) is 30.0. The molecule has 0 aliphatic heterocycles. The highest BCUT2D eigenvalue weighted by molar-refractivity contribution is 7.80. The minimum atomic E-state index is -4.41. The van der Waals surface area contributed by atoms with Crippen LogP contribution in [0.2, 0.25) is 0 Å². The fourth-order valence-corrected chi connectivity index (χ4v) is 5.33. The van der Waals surface area contributed by atoms with Gasteiger partial charge in [-0.15, -0.1) is 4.65 Å². The molecule has 0 aromatic rings. The Labute approximate surface area is 328 Å². The zero-order chi connectivity index (χ0) is 40.3. The number of carbonyl (C=O) groups excluding carboxylic acids is 2. The van der Waals surface area contributed by atoms with Gasteiger partial charge in [-0.2, -0.15) is 0 Å². The number of hydrogen-bond acceptors (Lipinski definition) is 8. The number of quaternary nitrogens is 1. The van der Waals surface area contributed by atoms with E-state index in [-0.39, 0.29) is 23.3 Å². The van der Waals surface area contributed by atoms with E-state index >= 15 is 0 Å². The van der Waals surface area contributed by atoms with Gasteiger partial charge in [0.1, 0.15) is 14.1 Å². The van der Waals surface area contributed by atoms with Crippen molar-refractivity contribution in [2.75, 3.05) is 27.9 Å². The SMILES string of the molecule is CCC.CCCCCCCCC=CCCCCCCCC(=O)OC[N+](C)(C)OC(=O)CCCCCCCC=CCCCCCCCC.COS(=O)(=O)[O-]. The van der Waals surface area contributed by atoms with Crippen LogP contribution in [0.3, 0.4) is 0 Å². The van der Waals surface area contributed by atoms with Gasteiger partial charge >= 0.3 is 11.9 Å². The zero-order valence-electron chi connectivity index (χ0n) is 35.6. The predicted molar refractivity (Wildman–Crippen MR) is 221 cm³/mol. The minimum absolute atomic E-state index is 0.0576. The van der Waals surface area contributed by atoms with Crippen LogP contribution in [0.1, 0.15) is 214 Å². The van der Waals surface area contributed by atoms with Crippen LogP contribution in [0, 0.1) is 0 Å². The van der Waals surface area contributed by atoms with Crippen molar-refractivity contribution in [3.8, 4) is 0 Å². The van der Waals surface area contributed by atoms with E-state index in [9.17, 15) is 22.6 Å². The lowest BCUT2D eigenvalue weighted by molar-refractivity contribution is -1.07. The van der Waals surface area contributed by atoms with Crippen molar-refractivity contribution < 1.29 is 41.0 Å². The number of rotatable bonds is 34. The minimum Gasteiger partial charge on any atom is -0.726 e. The zero-order valence-corrected chi connectivity index (χ0v) is 36.5. The van der Waals surface area contributed by atoms with Gasteiger partial charge in [-0.3, -0.25) is 13.8 Å². The fraction of sp³-hybridized carbons (Fsp3) is 0.860. The monoisotopic (exact) mass is 776 g/mol. The van der Waals surface area contributed by atoms with Gasteiger partial charge in [-0.25, -0.2) is 13.2 Å². The van der Waals surface area contributed by atoms with Gasteiger partial charge in [-0.1, -0.05) is 161 Å². The lowest BCUT2D eigenvalue weighted by Crippen LogP contribution is -2.44. The molecule has 0 radical (unpaired) electrons. The van der Waals surface area contributed by atoms with Crippen molar-refractivity contribution in [3.63, 3.8) is 0 Å². The van der Waals surface area contributed by atoms with Crippen LogP contribution in [0.4, 0.5) is 0 Å². The topological polar surface area (TPSA) is 119 Å². The molecule has 0 spiro atoms. The lowest BCUT2D eigenvalue weighted by Gasteiger charge is -2.25. The molecular formula is C43H85NO8S. The second kappa shape index (κ2) is 43.0. The molecule has 0 aliphatic carbocycles. The summed E-state index contributed by atoms with van der Waals surface area (Å²) in [6.45, 7) is 8.84. The highest BCUT2D eigenvalue weighted by Gasteiger charge is 2.24. The first kappa shape index (κ1) is 55.6. The van der Waals surface area contributed by atoms with Crippen LogP contribution in [0.5, 0.6) is 0 Å². The Hall–Kier alpha value is -1.75. The van der Waals surface area contributed by atoms with E-state index in [4.69, 9.17) is 9.57 Å². The molecule has 0 rings (SSSR count). The maximum Gasteiger partial charge on any atom is 0.366 e. The molecule has 0 aromatic carbocycles. The third-order valence-electron chi connectivity index (χ3n) is 8.37. The number of nitrogens with zero attached hydrogens (tertiary/aromatic N) is 1. The summed E-state index contributed by atoms with van der Waals surface area (Å²) in [7, 11) is -0.0898. The third kappa shape index (κ3) is 54.7. The Kier molecular flexibility index (Phi) is 45.1. The molecule has 0 saturated heterocycles. The molecule has 0 amide bonds. The first-order valence-electron chi connectivity index (χ1n) is 21.4. The number of carbonyl (C=O) groups is 2. The summed E-state index contributed by atoms with van der Waals surface area (Å²) in [5.41, 5.74) is 0. The number of unbranched alkanes of at least 4 members (excludes halogenated alkanes) is 22. The molecule has 0 aliphatic rings. The van der Waals surface area contributed by atoms with Crippen molar-refractivity contribution in [2.45, 2.75) is 214 Å². The summed E-state index contributed by atoms with van der Waals surface area (Å²) in [6.07, 6.45) is 43.6. The molecule has 0 N–H and O–H groups in total. The van der Waals surface area contributed by atoms with E-state index in [0.29, 0.717) is 12.8 Å². The standard InChI is InChI=1S/C39H74NO4.C3H8.CH4O4S/c1-5-7-9-11-13-15-17-19-21-23-25-27-29-31-33-35-38(41)43-37-40(3,4)44-39(42)36-34-32-30-28-26-24-22-20-18-16-14-12-10-8-6-2;1-3-2;1-5-6(2,3)4/h19-22H,5-18,23-37H2,1-4H3;3H2,1-2H3;1H3,(H,2,3,4)/q+1;;/p-1. The average Bonchev–Trinajstić information content (AvgIpc) is 3.11. The Morgan fingerprint density at radius 2 is 0.811 bits per heavy atom. The van der Waals surface area contributed by atoms with Crippen LogP contribution >= 0.6 is 0 Å². The fourth-order valence-electron chi connectivity index (χ4n) is 5.33. The van der Waals surface area contributed by atoms with Crippen molar-refractivity contribution in [3.05, 3.63) is 24.3 Å². The molecule has 0 aromatic heterocycles. The molecule has 0 fully saturated rings. The summed E-state index contributed by atoms with van der Waals surface area (Å²) in [6, 6.07) is 0. The van der Waals surface area contributed by atoms with E-state index in [2.05, 4.69) is 56.2 Å². The normalized spacial score (nSPS) is 11.6. The second-order valence-electron chi connectivity index (χ2n) is 14.6. The predicted octanol–water partition coefficient (Wildman–Crippen LogP) is 12.6. The third-order valence-corrected chi connectivity index (χ3v) is 8.78.